The van der Waals surface area contributed by atoms with Crippen molar-refractivity contribution in [2.24, 2.45) is 7.05 Å². The smallest absolute Gasteiger partial charge is 0.0847 e. The van der Waals surface area contributed by atoms with E-state index in [9.17, 15) is 0 Å². The summed E-state index contributed by atoms with van der Waals surface area (Å²) >= 11 is 6.32. The topological polar surface area (TPSA) is 42.7 Å². The van der Waals surface area contributed by atoms with Gasteiger partial charge >= 0.3 is 0 Å². The predicted octanol–water partition coefficient (Wildman–Crippen LogP) is 2.67. The van der Waals surface area contributed by atoms with Crippen LogP contribution in [0.15, 0.2) is 24.5 Å². The van der Waals surface area contributed by atoms with Gasteiger partial charge in [-0.05, 0) is 25.1 Å². The van der Waals surface area contributed by atoms with E-state index in [-0.39, 0.29) is 6.04 Å². The summed E-state index contributed by atoms with van der Waals surface area (Å²) in [5.74, 6) is 0. The molecule has 5 heteroatoms. The molecule has 19 heavy (non-hydrogen) atoms. The minimum Gasteiger partial charge on any atom is -0.310 e. The second-order valence-corrected chi connectivity index (χ2v) is 4.95. The predicted molar refractivity (Wildman–Crippen MR) is 77.3 cm³/mol. The Bertz CT molecular complexity index is 536. The Morgan fingerprint density at radius 2 is 2.26 bits per heavy atom. The SMILES string of the molecule is CCNC(Cc1c(Cl)c(C)nn1C)c1cccnc1. The molecule has 102 valence electrons. The fourth-order valence-electron chi connectivity index (χ4n) is 2.23. The summed E-state index contributed by atoms with van der Waals surface area (Å²) in [6, 6.07) is 4.23. The molecule has 0 spiro atoms. The van der Waals surface area contributed by atoms with Crippen LogP contribution in [0.2, 0.25) is 5.02 Å². The fourth-order valence-corrected chi connectivity index (χ4v) is 2.47. The van der Waals surface area contributed by atoms with Crippen molar-refractivity contribution in [3.63, 3.8) is 0 Å². The molecule has 2 aromatic heterocycles. The van der Waals surface area contributed by atoms with Crippen molar-refractivity contribution in [2.75, 3.05) is 6.54 Å². The number of aryl methyl sites for hydroxylation is 2. The van der Waals surface area contributed by atoms with Crippen LogP contribution < -0.4 is 5.32 Å². The van der Waals surface area contributed by atoms with Gasteiger partial charge in [0.15, 0.2) is 0 Å². The van der Waals surface area contributed by atoms with E-state index in [4.69, 9.17) is 11.6 Å². The molecular weight excluding hydrogens is 260 g/mol. The Balaban J connectivity index is 2.26. The summed E-state index contributed by atoms with van der Waals surface area (Å²) < 4.78 is 1.86. The van der Waals surface area contributed by atoms with Crippen LogP contribution in [0, 0.1) is 6.92 Å². The van der Waals surface area contributed by atoms with Gasteiger partial charge in [-0.15, -0.1) is 0 Å². The number of hydrogen-bond donors (Lipinski definition) is 1. The maximum absolute atomic E-state index is 6.32. The van der Waals surface area contributed by atoms with Gasteiger partial charge in [-0.3, -0.25) is 9.67 Å². The van der Waals surface area contributed by atoms with Gasteiger partial charge in [-0.1, -0.05) is 24.6 Å². The number of nitrogens with one attached hydrogen (secondary N) is 1. The quantitative estimate of drug-likeness (QED) is 0.914. The molecular formula is C14H19ClN4. The molecule has 0 aliphatic carbocycles. The van der Waals surface area contributed by atoms with Crippen LogP contribution in [0.3, 0.4) is 0 Å². The van der Waals surface area contributed by atoms with Gasteiger partial charge < -0.3 is 5.32 Å². The Labute approximate surface area is 118 Å². The Morgan fingerprint density at radius 1 is 1.47 bits per heavy atom. The van der Waals surface area contributed by atoms with Crippen molar-refractivity contribution < 1.29 is 0 Å². The van der Waals surface area contributed by atoms with Crippen molar-refractivity contribution in [3.05, 3.63) is 46.5 Å². The molecule has 1 atom stereocenters. The van der Waals surface area contributed by atoms with E-state index in [0.717, 1.165) is 29.4 Å². The number of halogens is 1. The van der Waals surface area contributed by atoms with Crippen LogP contribution in [0.5, 0.6) is 0 Å². The standard InChI is InChI=1S/C14H19ClN4/c1-4-17-12(11-6-5-7-16-9-11)8-13-14(15)10(2)18-19(13)3/h5-7,9,12,17H,4,8H2,1-3H3. The molecule has 0 fully saturated rings. The molecule has 2 aromatic rings. The number of rotatable bonds is 5. The number of pyridine rings is 1. The fraction of sp³-hybridized carbons (Fsp3) is 0.429. The molecule has 2 heterocycles. The highest BCUT2D eigenvalue weighted by atomic mass is 35.5. The van der Waals surface area contributed by atoms with Crippen LogP contribution in [0.4, 0.5) is 0 Å². The number of hydrogen-bond acceptors (Lipinski definition) is 3. The third-order valence-electron chi connectivity index (χ3n) is 3.20. The van der Waals surface area contributed by atoms with E-state index in [1.165, 1.54) is 5.56 Å². The van der Waals surface area contributed by atoms with Crippen LogP contribution in [0.1, 0.15) is 29.9 Å². The first-order valence-corrected chi connectivity index (χ1v) is 6.82. The number of likely N-dealkylation sites (N-methyl/N-ethyl adjacent to an activating group) is 1. The van der Waals surface area contributed by atoms with Crippen molar-refractivity contribution in [3.8, 4) is 0 Å². The summed E-state index contributed by atoms with van der Waals surface area (Å²) in [5, 5.41) is 8.59. The summed E-state index contributed by atoms with van der Waals surface area (Å²) in [4.78, 5) is 4.18. The molecule has 1 unspecified atom stereocenters. The molecule has 1 N–H and O–H groups in total. The molecule has 0 aliphatic rings. The summed E-state index contributed by atoms with van der Waals surface area (Å²) in [6.45, 7) is 4.92. The van der Waals surface area contributed by atoms with Crippen molar-refractivity contribution >= 4 is 11.6 Å². The highest BCUT2D eigenvalue weighted by Crippen LogP contribution is 2.25. The van der Waals surface area contributed by atoms with Crippen molar-refractivity contribution in [2.45, 2.75) is 26.3 Å². The van der Waals surface area contributed by atoms with Gasteiger partial charge in [0.2, 0.25) is 0 Å². The lowest BCUT2D eigenvalue weighted by molar-refractivity contribution is 0.527. The Kier molecular flexibility index (Phi) is 4.56. The first-order valence-electron chi connectivity index (χ1n) is 6.44. The molecule has 2 rings (SSSR count). The van der Waals surface area contributed by atoms with Gasteiger partial charge in [-0.2, -0.15) is 5.10 Å². The molecule has 4 nitrogen and oxygen atoms in total. The second-order valence-electron chi connectivity index (χ2n) is 4.57. The lowest BCUT2D eigenvalue weighted by Crippen LogP contribution is -2.24. The molecule has 0 saturated heterocycles. The largest absolute Gasteiger partial charge is 0.310 e. The van der Waals surface area contributed by atoms with E-state index < -0.39 is 0 Å². The number of aromatic nitrogens is 3. The average Bonchev–Trinajstić information content (AvgIpc) is 2.65. The first kappa shape index (κ1) is 14.0. The summed E-state index contributed by atoms with van der Waals surface area (Å²) in [6.07, 6.45) is 4.48. The number of nitrogens with zero attached hydrogens (tertiary/aromatic N) is 3. The van der Waals surface area contributed by atoms with E-state index >= 15 is 0 Å². The lowest BCUT2D eigenvalue weighted by atomic mass is 10.0. The summed E-state index contributed by atoms with van der Waals surface area (Å²) in [7, 11) is 1.93. The molecule has 0 saturated carbocycles. The minimum atomic E-state index is 0.200. The molecule has 0 radical (unpaired) electrons. The second kappa shape index (κ2) is 6.17. The Morgan fingerprint density at radius 3 is 2.79 bits per heavy atom. The van der Waals surface area contributed by atoms with Crippen LogP contribution in [-0.2, 0) is 13.5 Å². The zero-order valence-corrected chi connectivity index (χ0v) is 12.3. The minimum absolute atomic E-state index is 0.200. The monoisotopic (exact) mass is 278 g/mol. The summed E-state index contributed by atoms with van der Waals surface area (Å²) in [5.41, 5.74) is 3.09. The first-order chi connectivity index (χ1) is 9.13. The van der Waals surface area contributed by atoms with E-state index in [1.54, 1.807) is 6.20 Å². The van der Waals surface area contributed by atoms with Crippen molar-refractivity contribution in [1.29, 1.82) is 0 Å². The third kappa shape index (κ3) is 3.14. The third-order valence-corrected chi connectivity index (χ3v) is 3.69. The Hall–Kier alpha value is -1.39. The van der Waals surface area contributed by atoms with Crippen LogP contribution >= 0.6 is 11.6 Å². The molecule has 0 amide bonds. The van der Waals surface area contributed by atoms with Crippen LogP contribution in [-0.4, -0.2) is 21.3 Å². The van der Waals surface area contributed by atoms with Crippen LogP contribution in [0.25, 0.3) is 0 Å². The highest BCUT2D eigenvalue weighted by molar-refractivity contribution is 6.31. The van der Waals surface area contributed by atoms with E-state index in [0.29, 0.717) is 0 Å². The zero-order chi connectivity index (χ0) is 13.8. The van der Waals surface area contributed by atoms with Gasteiger partial charge in [-0.25, -0.2) is 0 Å². The van der Waals surface area contributed by atoms with Gasteiger partial charge in [0.05, 0.1) is 16.4 Å². The lowest BCUT2D eigenvalue weighted by Gasteiger charge is -2.18. The normalized spacial score (nSPS) is 12.6. The van der Waals surface area contributed by atoms with Crippen molar-refractivity contribution in [1.82, 2.24) is 20.1 Å². The molecule has 0 aromatic carbocycles. The maximum atomic E-state index is 6.32. The highest BCUT2D eigenvalue weighted by Gasteiger charge is 2.17. The molecule has 0 aliphatic heterocycles. The van der Waals surface area contributed by atoms with Gasteiger partial charge in [0, 0.05) is 31.9 Å². The van der Waals surface area contributed by atoms with E-state index in [1.807, 2.05) is 30.9 Å². The van der Waals surface area contributed by atoms with Gasteiger partial charge in [0.25, 0.3) is 0 Å². The zero-order valence-electron chi connectivity index (χ0n) is 11.5. The maximum Gasteiger partial charge on any atom is 0.0847 e. The average molecular weight is 279 g/mol. The molecule has 0 bridgehead atoms. The van der Waals surface area contributed by atoms with E-state index in [2.05, 4.69) is 28.4 Å². The van der Waals surface area contributed by atoms with Gasteiger partial charge in [0.1, 0.15) is 0 Å².